The largest absolute Gasteiger partial charge is 0.355 e. The Labute approximate surface area is 185 Å². The van der Waals surface area contributed by atoms with E-state index in [9.17, 15) is 0 Å². The van der Waals surface area contributed by atoms with Gasteiger partial charge in [0.1, 0.15) is 0 Å². The third kappa shape index (κ3) is 3.23. The van der Waals surface area contributed by atoms with Crippen LogP contribution in [0, 0.1) is 12.3 Å². The van der Waals surface area contributed by atoms with Crippen molar-refractivity contribution in [3.8, 4) is 23.5 Å². The summed E-state index contributed by atoms with van der Waals surface area (Å²) in [4.78, 5) is 16.4. The van der Waals surface area contributed by atoms with Gasteiger partial charge in [0.15, 0.2) is 0 Å². The fourth-order valence-electron chi connectivity index (χ4n) is 4.13. The van der Waals surface area contributed by atoms with Crippen molar-refractivity contribution >= 4 is 46.4 Å². The lowest BCUT2D eigenvalue weighted by Gasteiger charge is -2.00. The van der Waals surface area contributed by atoms with Crippen molar-refractivity contribution in [3.63, 3.8) is 0 Å². The number of rotatable bonds is 1. The van der Waals surface area contributed by atoms with Gasteiger partial charge < -0.3 is 9.97 Å². The molecule has 3 aromatic heterocycles. The van der Waals surface area contributed by atoms with Crippen LogP contribution in [0.15, 0.2) is 66.7 Å². The second kappa shape index (κ2) is 7.26. The number of fused-ring (bicyclic) bond motifs is 8. The summed E-state index contributed by atoms with van der Waals surface area (Å²) in [5.41, 5.74) is 10.1. The second-order valence-electron chi connectivity index (χ2n) is 7.75. The van der Waals surface area contributed by atoms with Gasteiger partial charge in [0, 0.05) is 22.1 Å². The number of terminal acetylenes is 1. The van der Waals surface area contributed by atoms with Gasteiger partial charge >= 0.3 is 0 Å². The van der Waals surface area contributed by atoms with E-state index >= 15 is 0 Å². The Kier molecular flexibility index (Phi) is 4.12. The van der Waals surface area contributed by atoms with Crippen LogP contribution >= 0.6 is 0 Å². The predicted molar refractivity (Wildman–Crippen MR) is 132 cm³/mol. The van der Waals surface area contributed by atoms with Crippen LogP contribution in [0.5, 0.6) is 0 Å². The number of nitrogens with zero attached hydrogens (tertiary/aromatic N) is 2. The van der Waals surface area contributed by atoms with E-state index in [-0.39, 0.29) is 0 Å². The Balaban J connectivity index is 1.75. The average Bonchev–Trinajstić information content (AvgIpc) is 3.58. The Morgan fingerprint density at radius 3 is 1.78 bits per heavy atom. The molecule has 32 heavy (non-hydrogen) atoms. The van der Waals surface area contributed by atoms with Crippen LogP contribution in [0.3, 0.4) is 0 Å². The number of nitrogens with one attached hydrogen (secondary N) is 2. The summed E-state index contributed by atoms with van der Waals surface area (Å²) in [5.74, 6) is 2.90. The smallest absolute Gasteiger partial charge is 0.0658 e. The van der Waals surface area contributed by atoms with Crippen LogP contribution in [0.4, 0.5) is 0 Å². The first-order valence-corrected chi connectivity index (χ1v) is 10.4. The lowest BCUT2D eigenvalue weighted by Crippen LogP contribution is -1.80. The van der Waals surface area contributed by atoms with E-state index in [0.717, 1.165) is 61.5 Å². The SMILES string of the molecule is C#Cc1c(-c2ccccc2)c2cc3nc(cc4ccc(cc5nc(cc1[nH]2)C=C5)[nH]4)C=C3. The zero-order valence-corrected chi connectivity index (χ0v) is 17.1. The van der Waals surface area contributed by atoms with Gasteiger partial charge in [-0.2, -0.15) is 0 Å². The molecule has 4 aromatic rings. The first kappa shape index (κ1) is 18.2. The molecule has 0 unspecified atom stereocenters. The van der Waals surface area contributed by atoms with Gasteiger partial charge in [-0.05, 0) is 66.3 Å². The maximum atomic E-state index is 6.00. The fraction of sp³-hybridized carbons (Fsp3) is 0. The van der Waals surface area contributed by atoms with E-state index in [1.54, 1.807) is 0 Å². The number of benzene rings is 1. The summed E-state index contributed by atoms with van der Waals surface area (Å²) in [6.07, 6.45) is 14.0. The monoisotopic (exact) mass is 410 g/mol. The molecule has 0 fully saturated rings. The van der Waals surface area contributed by atoms with Gasteiger partial charge in [-0.1, -0.05) is 36.3 Å². The molecule has 6 rings (SSSR count). The predicted octanol–water partition coefficient (Wildman–Crippen LogP) is 6.30. The van der Waals surface area contributed by atoms with E-state index in [4.69, 9.17) is 16.4 Å². The van der Waals surface area contributed by atoms with Crippen molar-refractivity contribution in [2.75, 3.05) is 0 Å². The highest BCUT2D eigenvalue weighted by atomic mass is 14.8. The molecule has 5 heterocycles. The molecule has 0 radical (unpaired) electrons. The van der Waals surface area contributed by atoms with E-state index in [0.29, 0.717) is 0 Å². The molecular formula is C28H18N4. The van der Waals surface area contributed by atoms with Crippen molar-refractivity contribution in [3.05, 3.63) is 95.1 Å². The maximum Gasteiger partial charge on any atom is 0.0658 e. The number of aromatic nitrogens is 4. The molecular weight excluding hydrogens is 392 g/mol. The van der Waals surface area contributed by atoms with E-state index in [2.05, 4.69) is 28.0 Å². The van der Waals surface area contributed by atoms with Crippen molar-refractivity contribution in [1.29, 1.82) is 0 Å². The molecule has 0 spiro atoms. The van der Waals surface area contributed by atoms with Gasteiger partial charge in [0.25, 0.3) is 0 Å². The fourth-order valence-corrected chi connectivity index (χ4v) is 4.13. The molecule has 0 amide bonds. The minimum absolute atomic E-state index is 0.812. The number of hydrogen-bond donors (Lipinski definition) is 2. The molecule has 4 nitrogen and oxygen atoms in total. The molecule has 0 saturated carbocycles. The van der Waals surface area contributed by atoms with Crippen LogP contribution in [-0.2, 0) is 0 Å². The summed E-state index contributed by atoms with van der Waals surface area (Å²) in [5, 5.41) is 0. The van der Waals surface area contributed by atoms with Crippen molar-refractivity contribution in [2.45, 2.75) is 0 Å². The average molecular weight is 410 g/mol. The van der Waals surface area contributed by atoms with Gasteiger partial charge in [0.05, 0.1) is 33.9 Å². The van der Waals surface area contributed by atoms with Crippen molar-refractivity contribution in [1.82, 2.24) is 19.9 Å². The van der Waals surface area contributed by atoms with Crippen LogP contribution < -0.4 is 0 Å². The molecule has 1 aromatic carbocycles. The Bertz CT molecular complexity index is 1620. The molecule has 2 N–H and O–H groups in total. The Morgan fingerprint density at radius 1 is 0.625 bits per heavy atom. The van der Waals surface area contributed by atoms with E-state index in [1.807, 2.05) is 78.9 Å². The lowest BCUT2D eigenvalue weighted by molar-refractivity contribution is 1.31. The molecule has 0 atom stereocenters. The summed E-state index contributed by atoms with van der Waals surface area (Å²) < 4.78 is 0. The van der Waals surface area contributed by atoms with E-state index in [1.165, 1.54) is 0 Å². The van der Waals surface area contributed by atoms with Crippen LogP contribution in [0.2, 0.25) is 0 Å². The quantitative estimate of drug-likeness (QED) is 0.312. The summed E-state index contributed by atoms with van der Waals surface area (Å²) in [6.45, 7) is 0. The number of H-pyrrole nitrogens is 2. The van der Waals surface area contributed by atoms with Gasteiger partial charge in [-0.3, -0.25) is 0 Å². The minimum atomic E-state index is 0.812. The summed E-state index contributed by atoms with van der Waals surface area (Å²) >= 11 is 0. The molecule has 0 saturated heterocycles. The highest BCUT2D eigenvalue weighted by molar-refractivity contribution is 5.94. The third-order valence-corrected chi connectivity index (χ3v) is 5.55. The first-order valence-electron chi connectivity index (χ1n) is 10.4. The maximum absolute atomic E-state index is 6.00. The lowest BCUT2D eigenvalue weighted by atomic mass is 10.0. The zero-order chi connectivity index (χ0) is 21.5. The Hall–Kier alpha value is -4.62. The highest BCUT2D eigenvalue weighted by Crippen LogP contribution is 2.32. The van der Waals surface area contributed by atoms with Gasteiger partial charge in [0.2, 0.25) is 0 Å². The summed E-state index contributed by atoms with van der Waals surface area (Å²) in [6, 6.07) is 22.4. The normalized spacial score (nSPS) is 12.1. The second-order valence-corrected chi connectivity index (χ2v) is 7.75. The topological polar surface area (TPSA) is 57.4 Å². The Morgan fingerprint density at radius 2 is 1.19 bits per heavy atom. The number of hydrogen-bond acceptors (Lipinski definition) is 2. The first-order chi connectivity index (χ1) is 15.7. The number of aromatic amines is 2. The molecule has 2 aliphatic heterocycles. The van der Waals surface area contributed by atoms with Crippen LogP contribution in [-0.4, -0.2) is 19.9 Å². The van der Waals surface area contributed by atoms with Gasteiger partial charge in [-0.25, -0.2) is 9.97 Å². The third-order valence-electron chi connectivity index (χ3n) is 5.55. The summed E-state index contributed by atoms with van der Waals surface area (Å²) in [7, 11) is 0. The standard InChI is InChI=1S/C28H18N4/c1-2-25-26-16-23-12-10-21(30-23)14-19-8-9-20(29-19)15-22-11-13-24(31-22)17-27(32-26)28(25)18-6-4-3-5-7-18/h1,3-17,29,32H. The van der Waals surface area contributed by atoms with Crippen LogP contribution in [0.1, 0.15) is 28.3 Å². The minimum Gasteiger partial charge on any atom is -0.355 e. The molecule has 2 aliphatic rings. The van der Waals surface area contributed by atoms with Crippen LogP contribution in [0.25, 0.3) is 57.5 Å². The molecule has 8 bridgehead atoms. The van der Waals surface area contributed by atoms with E-state index < -0.39 is 0 Å². The molecule has 4 heteroatoms. The molecule has 150 valence electrons. The zero-order valence-electron chi connectivity index (χ0n) is 17.1. The highest BCUT2D eigenvalue weighted by Gasteiger charge is 2.13. The van der Waals surface area contributed by atoms with Gasteiger partial charge in [-0.15, -0.1) is 6.42 Å². The van der Waals surface area contributed by atoms with Crippen molar-refractivity contribution < 1.29 is 0 Å². The van der Waals surface area contributed by atoms with Crippen molar-refractivity contribution in [2.24, 2.45) is 0 Å². The molecule has 0 aliphatic carbocycles.